The molecule has 2 saturated heterocycles. The summed E-state index contributed by atoms with van der Waals surface area (Å²) in [4.78, 5) is 13.2. The van der Waals surface area contributed by atoms with Crippen LogP contribution in [0.2, 0.25) is 0 Å². The normalized spacial score (nSPS) is 30.2. The monoisotopic (exact) mass is 365 g/mol. The third-order valence-corrected chi connectivity index (χ3v) is 6.00. The average molecular weight is 366 g/mol. The SMILES string of the molecule is CCCCCCCCCCCC[C@H]1O[C@@H]1C1=CCN2C(=O)OC[C@H]2[C@@H]1O. The van der Waals surface area contributed by atoms with Gasteiger partial charge in [0.05, 0.1) is 12.1 Å². The van der Waals surface area contributed by atoms with E-state index in [1.165, 1.54) is 64.2 Å². The molecule has 0 aliphatic carbocycles. The van der Waals surface area contributed by atoms with Crippen LogP contribution >= 0.6 is 0 Å². The highest BCUT2D eigenvalue weighted by atomic mass is 16.6. The Kier molecular flexibility index (Phi) is 7.38. The second-order valence-corrected chi connectivity index (χ2v) is 8.01. The van der Waals surface area contributed by atoms with Gasteiger partial charge in [-0.1, -0.05) is 77.2 Å². The fourth-order valence-electron chi connectivity index (χ4n) is 4.26. The number of fused-ring (bicyclic) bond motifs is 1. The number of rotatable bonds is 12. The van der Waals surface area contributed by atoms with E-state index in [0.717, 1.165) is 12.0 Å². The molecule has 1 N–H and O–H groups in total. The molecule has 2 fully saturated rings. The minimum Gasteiger partial charge on any atom is -0.447 e. The van der Waals surface area contributed by atoms with Crippen molar-refractivity contribution in [1.29, 1.82) is 0 Å². The summed E-state index contributed by atoms with van der Waals surface area (Å²) in [5, 5.41) is 10.5. The number of carbonyl (C=O) groups excluding carboxylic acids is 1. The number of carbonyl (C=O) groups is 1. The van der Waals surface area contributed by atoms with Crippen LogP contribution in [-0.4, -0.2) is 53.6 Å². The summed E-state index contributed by atoms with van der Waals surface area (Å²) >= 11 is 0. The first-order chi connectivity index (χ1) is 12.7. The van der Waals surface area contributed by atoms with Gasteiger partial charge in [0.15, 0.2) is 0 Å². The summed E-state index contributed by atoms with van der Waals surface area (Å²) < 4.78 is 10.8. The molecule has 0 radical (unpaired) electrons. The number of ether oxygens (including phenoxy) is 2. The quantitative estimate of drug-likeness (QED) is 0.320. The van der Waals surface area contributed by atoms with E-state index < -0.39 is 6.10 Å². The number of nitrogens with zero attached hydrogens (tertiary/aromatic N) is 1. The first kappa shape index (κ1) is 19.7. The van der Waals surface area contributed by atoms with Gasteiger partial charge in [0.2, 0.25) is 0 Å². The molecule has 0 aromatic carbocycles. The van der Waals surface area contributed by atoms with Crippen molar-refractivity contribution in [1.82, 2.24) is 4.90 Å². The topological polar surface area (TPSA) is 62.3 Å². The molecule has 0 bridgehead atoms. The van der Waals surface area contributed by atoms with Gasteiger partial charge in [-0.15, -0.1) is 0 Å². The van der Waals surface area contributed by atoms with Gasteiger partial charge in [-0.05, 0) is 12.0 Å². The molecule has 0 aromatic heterocycles. The summed E-state index contributed by atoms with van der Waals surface area (Å²) in [6.45, 7) is 3.08. The van der Waals surface area contributed by atoms with Crippen LogP contribution in [0.25, 0.3) is 0 Å². The number of epoxide rings is 1. The minimum absolute atomic E-state index is 0.0569. The van der Waals surface area contributed by atoms with E-state index >= 15 is 0 Å². The number of hydrogen-bond acceptors (Lipinski definition) is 4. The van der Waals surface area contributed by atoms with Crippen LogP contribution in [0, 0.1) is 0 Å². The van der Waals surface area contributed by atoms with Crippen molar-refractivity contribution >= 4 is 6.09 Å². The first-order valence-corrected chi connectivity index (χ1v) is 10.7. The Bertz CT molecular complexity index is 492. The molecule has 0 aromatic rings. The lowest BCUT2D eigenvalue weighted by molar-refractivity contribution is 0.102. The van der Waals surface area contributed by atoms with Crippen LogP contribution in [0.3, 0.4) is 0 Å². The number of cyclic esters (lactones) is 1. The van der Waals surface area contributed by atoms with Gasteiger partial charge in [-0.3, -0.25) is 4.90 Å². The Morgan fingerprint density at radius 2 is 1.73 bits per heavy atom. The van der Waals surface area contributed by atoms with Crippen LogP contribution in [-0.2, 0) is 9.47 Å². The van der Waals surface area contributed by atoms with E-state index in [9.17, 15) is 9.90 Å². The molecule has 1 amide bonds. The highest BCUT2D eigenvalue weighted by Gasteiger charge is 2.49. The summed E-state index contributed by atoms with van der Waals surface area (Å²) in [7, 11) is 0. The molecule has 148 valence electrons. The zero-order chi connectivity index (χ0) is 18.4. The smallest absolute Gasteiger partial charge is 0.410 e. The molecular weight excluding hydrogens is 330 g/mol. The molecule has 0 saturated carbocycles. The molecule has 3 aliphatic heterocycles. The maximum absolute atomic E-state index is 11.6. The molecule has 4 atom stereocenters. The van der Waals surface area contributed by atoms with Crippen molar-refractivity contribution < 1.29 is 19.4 Å². The van der Waals surface area contributed by atoms with E-state index in [1.54, 1.807) is 4.90 Å². The van der Waals surface area contributed by atoms with E-state index in [4.69, 9.17) is 9.47 Å². The fourth-order valence-corrected chi connectivity index (χ4v) is 4.26. The largest absolute Gasteiger partial charge is 0.447 e. The van der Waals surface area contributed by atoms with Crippen molar-refractivity contribution in [2.75, 3.05) is 13.2 Å². The van der Waals surface area contributed by atoms with Crippen LogP contribution in [0.1, 0.15) is 77.6 Å². The zero-order valence-electron chi connectivity index (χ0n) is 16.2. The van der Waals surface area contributed by atoms with E-state index in [1.807, 2.05) is 6.08 Å². The minimum atomic E-state index is -0.641. The lowest BCUT2D eigenvalue weighted by atomic mass is 9.93. The van der Waals surface area contributed by atoms with Crippen LogP contribution in [0.15, 0.2) is 11.6 Å². The Balaban J connectivity index is 1.24. The number of amides is 1. The van der Waals surface area contributed by atoms with Gasteiger partial charge in [-0.2, -0.15) is 0 Å². The third kappa shape index (κ3) is 5.01. The van der Waals surface area contributed by atoms with Crippen molar-refractivity contribution in [2.45, 2.75) is 102 Å². The standard InChI is InChI=1S/C21H35NO4/c1-2-3-4-5-6-7-8-9-10-11-12-18-20(26-18)16-13-14-22-17(19(16)23)15-25-21(22)24/h13,17-20,23H,2-12,14-15H2,1H3/t17-,18+,19+,20+/m0/s1. The highest BCUT2D eigenvalue weighted by molar-refractivity contribution is 5.71. The number of aliphatic hydroxyl groups excluding tert-OH is 1. The van der Waals surface area contributed by atoms with Crippen molar-refractivity contribution in [2.24, 2.45) is 0 Å². The second-order valence-electron chi connectivity index (χ2n) is 8.01. The van der Waals surface area contributed by atoms with E-state index in [-0.39, 0.29) is 30.9 Å². The van der Waals surface area contributed by atoms with Crippen molar-refractivity contribution in [3.63, 3.8) is 0 Å². The maximum atomic E-state index is 11.6. The molecular formula is C21H35NO4. The van der Waals surface area contributed by atoms with E-state index in [0.29, 0.717) is 6.54 Å². The molecule has 0 unspecified atom stereocenters. The predicted molar refractivity (Wildman–Crippen MR) is 101 cm³/mol. The predicted octanol–water partition coefficient (Wildman–Crippen LogP) is 4.19. The Morgan fingerprint density at radius 3 is 2.42 bits per heavy atom. The van der Waals surface area contributed by atoms with Crippen LogP contribution < -0.4 is 0 Å². The first-order valence-electron chi connectivity index (χ1n) is 10.7. The molecule has 3 rings (SSSR count). The third-order valence-electron chi connectivity index (χ3n) is 6.00. The maximum Gasteiger partial charge on any atom is 0.410 e. The van der Waals surface area contributed by atoms with E-state index in [2.05, 4.69) is 6.92 Å². The molecule has 26 heavy (non-hydrogen) atoms. The summed E-state index contributed by atoms with van der Waals surface area (Å²) in [6, 6.07) is -0.232. The Labute approximate surface area is 157 Å². The van der Waals surface area contributed by atoms with Gasteiger partial charge in [-0.25, -0.2) is 4.79 Å². The van der Waals surface area contributed by atoms with Gasteiger partial charge in [0.1, 0.15) is 18.8 Å². The number of aliphatic hydroxyl groups is 1. The number of unbranched alkanes of at least 4 members (excludes halogenated alkanes) is 9. The van der Waals surface area contributed by atoms with Crippen molar-refractivity contribution in [3.05, 3.63) is 11.6 Å². The van der Waals surface area contributed by atoms with Gasteiger partial charge in [0, 0.05) is 6.54 Å². The Hall–Kier alpha value is -1.07. The summed E-state index contributed by atoms with van der Waals surface area (Å²) in [5.41, 5.74) is 0.960. The van der Waals surface area contributed by atoms with Gasteiger partial charge < -0.3 is 14.6 Å². The van der Waals surface area contributed by atoms with Gasteiger partial charge in [0.25, 0.3) is 0 Å². The Morgan fingerprint density at radius 1 is 1.08 bits per heavy atom. The molecule has 3 aliphatic rings. The average Bonchev–Trinajstić information content (AvgIpc) is 3.30. The zero-order valence-corrected chi connectivity index (χ0v) is 16.2. The lowest BCUT2D eigenvalue weighted by Crippen LogP contribution is -2.47. The molecule has 5 nitrogen and oxygen atoms in total. The lowest BCUT2D eigenvalue weighted by Gasteiger charge is -2.30. The van der Waals surface area contributed by atoms with Crippen molar-refractivity contribution in [3.8, 4) is 0 Å². The number of hydrogen-bond donors (Lipinski definition) is 1. The highest BCUT2D eigenvalue weighted by Crippen LogP contribution is 2.38. The second kappa shape index (κ2) is 9.75. The summed E-state index contributed by atoms with van der Waals surface area (Å²) in [5.74, 6) is 0. The van der Waals surface area contributed by atoms with Gasteiger partial charge >= 0.3 is 6.09 Å². The molecule has 0 spiro atoms. The van der Waals surface area contributed by atoms with Crippen LogP contribution in [0.5, 0.6) is 0 Å². The molecule has 5 heteroatoms. The molecule has 3 heterocycles. The van der Waals surface area contributed by atoms with Crippen LogP contribution in [0.4, 0.5) is 4.79 Å². The summed E-state index contributed by atoms with van der Waals surface area (Å²) in [6.07, 6.45) is 15.8. The fraction of sp³-hybridized carbons (Fsp3) is 0.857.